The lowest BCUT2D eigenvalue weighted by molar-refractivity contribution is 0.293. The number of hydrogen-bond donors (Lipinski definition) is 0. The average molecular weight is 603 g/mol. The molecule has 0 radical (unpaired) electrons. The van der Waals surface area contributed by atoms with Crippen LogP contribution in [0.3, 0.4) is 0 Å². The summed E-state index contributed by atoms with van der Waals surface area (Å²) in [4.78, 5) is 1.49. The molecule has 0 N–H and O–H groups in total. The summed E-state index contributed by atoms with van der Waals surface area (Å²) in [6.07, 6.45) is 25.9. The van der Waals surface area contributed by atoms with Crippen molar-refractivity contribution >= 4 is 48.0 Å². The Morgan fingerprint density at radius 3 is 1.00 bits per heavy atom. The Labute approximate surface area is 244 Å². The van der Waals surface area contributed by atoms with Crippen molar-refractivity contribution in [3.8, 4) is 0 Å². The molecule has 0 aliphatic heterocycles. The van der Waals surface area contributed by atoms with Gasteiger partial charge in [0, 0.05) is 23.0 Å². The molecule has 37 heavy (non-hydrogen) atoms. The van der Waals surface area contributed by atoms with E-state index in [1.54, 1.807) is 0 Å². The van der Waals surface area contributed by atoms with E-state index >= 15 is 0 Å². The summed E-state index contributed by atoms with van der Waals surface area (Å²) in [6, 6.07) is 0. The summed E-state index contributed by atoms with van der Waals surface area (Å²) in [5, 5.41) is 0. The van der Waals surface area contributed by atoms with Crippen molar-refractivity contribution < 1.29 is 8.85 Å². The molecule has 4 aliphatic rings. The second-order valence-electron chi connectivity index (χ2n) is 12.6. The zero-order valence-electron chi connectivity index (χ0n) is 24.6. The SMILES string of the molecule is CCO[Si](C1CCCC1)(C1CCCC1)C(CC)SSSC(CC)[Si](OCC)(C1CCCC1)C1CCCC1. The molecular formula is C30H58O2S3Si2. The molecular weight excluding hydrogens is 545 g/mol. The Kier molecular flexibility index (Phi) is 13.2. The third kappa shape index (κ3) is 6.74. The van der Waals surface area contributed by atoms with Crippen molar-refractivity contribution in [2.45, 2.75) is 175 Å². The number of hydrogen-bond acceptors (Lipinski definition) is 5. The van der Waals surface area contributed by atoms with Crippen molar-refractivity contribution in [2.24, 2.45) is 0 Å². The highest BCUT2D eigenvalue weighted by Gasteiger charge is 2.57. The fourth-order valence-electron chi connectivity index (χ4n) is 9.43. The summed E-state index contributed by atoms with van der Waals surface area (Å²) in [5.41, 5.74) is 3.65. The minimum Gasteiger partial charge on any atom is -0.415 e. The van der Waals surface area contributed by atoms with Crippen LogP contribution in [0.15, 0.2) is 0 Å². The highest BCUT2D eigenvalue weighted by molar-refractivity contribution is 9.09. The predicted molar refractivity (Wildman–Crippen MR) is 175 cm³/mol. The van der Waals surface area contributed by atoms with Gasteiger partial charge >= 0.3 is 0 Å². The van der Waals surface area contributed by atoms with E-state index in [9.17, 15) is 0 Å². The van der Waals surface area contributed by atoms with Crippen molar-refractivity contribution in [1.29, 1.82) is 0 Å². The van der Waals surface area contributed by atoms with Crippen LogP contribution in [0, 0.1) is 0 Å². The summed E-state index contributed by atoms with van der Waals surface area (Å²) < 4.78 is 14.4. The van der Waals surface area contributed by atoms with Gasteiger partial charge in [-0.25, -0.2) is 0 Å². The predicted octanol–water partition coefficient (Wildman–Crippen LogP) is 11.4. The Morgan fingerprint density at radius 2 is 0.784 bits per heavy atom. The van der Waals surface area contributed by atoms with Crippen molar-refractivity contribution in [1.82, 2.24) is 0 Å². The Balaban J connectivity index is 1.53. The molecule has 0 bridgehead atoms. The van der Waals surface area contributed by atoms with Gasteiger partial charge in [0.15, 0.2) is 0 Å². The second kappa shape index (κ2) is 15.6. The van der Waals surface area contributed by atoms with Crippen molar-refractivity contribution in [3.63, 3.8) is 0 Å². The normalized spacial score (nSPS) is 25.0. The van der Waals surface area contributed by atoms with E-state index in [0.717, 1.165) is 45.1 Å². The van der Waals surface area contributed by atoms with Gasteiger partial charge < -0.3 is 8.85 Å². The highest BCUT2D eigenvalue weighted by Crippen LogP contribution is 2.60. The molecule has 0 spiro atoms. The van der Waals surface area contributed by atoms with Crippen LogP contribution in [0.25, 0.3) is 0 Å². The van der Waals surface area contributed by atoms with Gasteiger partial charge in [0.1, 0.15) is 0 Å². The lowest BCUT2D eigenvalue weighted by Crippen LogP contribution is -2.56. The quantitative estimate of drug-likeness (QED) is 0.129. The second-order valence-corrected chi connectivity index (χ2v) is 26.5. The minimum absolute atomic E-state index is 0.745. The van der Waals surface area contributed by atoms with Gasteiger partial charge in [-0.15, -0.1) is 0 Å². The fraction of sp³-hybridized carbons (Fsp3) is 1.00. The minimum atomic E-state index is -1.84. The molecule has 0 aromatic heterocycles. The van der Waals surface area contributed by atoms with Gasteiger partial charge in [-0.3, -0.25) is 0 Å². The lowest BCUT2D eigenvalue weighted by atomic mass is 10.3. The third-order valence-electron chi connectivity index (χ3n) is 10.8. The van der Waals surface area contributed by atoms with E-state index in [4.69, 9.17) is 8.85 Å². The first-order chi connectivity index (χ1) is 18.2. The largest absolute Gasteiger partial charge is 0.415 e. The first-order valence-corrected chi connectivity index (χ1v) is 24.3. The molecule has 4 fully saturated rings. The molecule has 7 heteroatoms. The molecule has 4 rings (SSSR count). The summed E-state index contributed by atoms with van der Waals surface area (Å²) in [5.74, 6) is 0. The molecule has 0 saturated heterocycles. The fourth-order valence-corrected chi connectivity index (χ4v) is 34.6. The van der Waals surface area contributed by atoms with E-state index in [-0.39, 0.29) is 0 Å². The van der Waals surface area contributed by atoms with Crippen LogP contribution >= 0.6 is 31.4 Å². The molecule has 2 atom stereocenters. The summed E-state index contributed by atoms with van der Waals surface area (Å²) in [6.45, 7) is 11.4. The van der Waals surface area contributed by atoms with Crippen LogP contribution in [0.4, 0.5) is 0 Å². The van der Waals surface area contributed by atoms with Crippen molar-refractivity contribution in [3.05, 3.63) is 0 Å². The molecule has 216 valence electrons. The maximum absolute atomic E-state index is 7.18. The Bertz CT molecular complexity index is 559. The zero-order chi connectivity index (χ0) is 26.1. The molecule has 0 amide bonds. The van der Waals surface area contributed by atoms with Gasteiger partial charge in [0.05, 0.1) is 0 Å². The molecule has 4 aliphatic carbocycles. The third-order valence-corrected chi connectivity index (χ3v) is 31.2. The van der Waals surface area contributed by atoms with Crippen molar-refractivity contribution in [2.75, 3.05) is 13.2 Å². The maximum Gasteiger partial charge on any atom is 0.212 e. The summed E-state index contributed by atoms with van der Waals surface area (Å²) >= 11 is 0. The first-order valence-electron chi connectivity index (χ1n) is 16.4. The van der Waals surface area contributed by atoms with E-state index < -0.39 is 16.6 Å². The maximum atomic E-state index is 7.18. The smallest absolute Gasteiger partial charge is 0.212 e. The van der Waals surface area contributed by atoms with Gasteiger partial charge in [-0.05, 0) is 58.7 Å². The van der Waals surface area contributed by atoms with Gasteiger partial charge in [-0.1, -0.05) is 138 Å². The zero-order valence-corrected chi connectivity index (χ0v) is 29.1. The van der Waals surface area contributed by atoms with Gasteiger partial charge in [0.25, 0.3) is 0 Å². The van der Waals surface area contributed by atoms with E-state index in [1.165, 1.54) is 116 Å². The molecule has 0 aromatic rings. The molecule has 0 aromatic carbocycles. The van der Waals surface area contributed by atoms with Crippen LogP contribution in [0.1, 0.15) is 143 Å². The van der Waals surface area contributed by atoms with Gasteiger partial charge in [0.2, 0.25) is 16.6 Å². The van der Waals surface area contributed by atoms with Crippen LogP contribution in [0.5, 0.6) is 0 Å². The van der Waals surface area contributed by atoms with E-state index in [2.05, 4.69) is 59.1 Å². The topological polar surface area (TPSA) is 18.5 Å². The molecule has 2 unspecified atom stereocenters. The Hall–Kier alpha value is 1.40. The van der Waals surface area contributed by atoms with E-state index in [0.29, 0.717) is 0 Å². The van der Waals surface area contributed by atoms with Crippen LogP contribution < -0.4 is 0 Å². The first kappa shape index (κ1) is 31.3. The summed E-state index contributed by atoms with van der Waals surface area (Å²) in [7, 11) is 3.09. The average Bonchev–Trinajstić information content (AvgIpc) is 3.75. The monoisotopic (exact) mass is 602 g/mol. The highest BCUT2D eigenvalue weighted by atomic mass is 33.5. The molecule has 2 nitrogen and oxygen atoms in total. The molecule has 4 saturated carbocycles. The Morgan fingerprint density at radius 1 is 0.514 bits per heavy atom. The lowest BCUT2D eigenvalue weighted by Gasteiger charge is -2.47. The number of rotatable bonds is 16. The molecule has 0 heterocycles. The van der Waals surface area contributed by atoms with Crippen LogP contribution in [-0.4, -0.2) is 39.6 Å². The van der Waals surface area contributed by atoms with Crippen LogP contribution in [-0.2, 0) is 8.85 Å². The van der Waals surface area contributed by atoms with E-state index in [1.807, 2.05) is 0 Å². The standard InChI is InChI=1S/C30H58O2S3Si2/c1-5-29(36(31-7-3,25-17-9-10-18-25)26-19-11-12-20-26)33-35-34-30(6-2)37(32-8-4,27-21-13-14-22-27)28-23-15-16-24-28/h25-30H,5-24H2,1-4H3. The van der Waals surface area contributed by atoms with Crippen LogP contribution in [0.2, 0.25) is 22.2 Å². The van der Waals surface area contributed by atoms with Gasteiger partial charge in [-0.2, -0.15) is 0 Å².